The molecule has 0 spiro atoms. The van der Waals surface area contributed by atoms with E-state index in [-0.39, 0.29) is 17.7 Å². The van der Waals surface area contributed by atoms with Gasteiger partial charge in [-0.2, -0.15) is 0 Å². The Bertz CT molecular complexity index is 610. The molecule has 0 aliphatic heterocycles. The Hall–Kier alpha value is -2.30. The van der Waals surface area contributed by atoms with Gasteiger partial charge in [0.15, 0.2) is 0 Å². The molecule has 2 aliphatic rings. The average molecular weight is 287 g/mol. The fourth-order valence-electron chi connectivity index (χ4n) is 3.48. The number of allylic oxidation sites excluding steroid dienone is 2. The van der Waals surface area contributed by atoms with Gasteiger partial charge in [-0.15, -0.1) is 0 Å². The maximum absolute atomic E-state index is 12.5. The molecule has 0 saturated heterocycles. The molecule has 110 valence electrons. The van der Waals surface area contributed by atoms with E-state index in [0.717, 1.165) is 6.42 Å². The number of amides is 1. The minimum atomic E-state index is -0.896. The van der Waals surface area contributed by atoms with Crippen LogP contribution >= 0.6 is 0 Å². The first-order valence-electron chi connectivity index (χ1n) is 6.97. The second kappa shape index (κ2) is 5.24. The Labute approximate surface area is 122 Å². The van der Waals surface area contributed by atoms with E-state index in [0.29, 0.717) is 11.4 Å². The van der Waals surface area contributed by atoms with Gasteiger partial charge >= 0.3 is 5.97 Å². The van der Waals surface area contributed by atoms with E-state index in [2.05, 4.69) is 5.32 Å². The number of nitrogens with one attached hydrogen (secondary N) is 1. The fraction of sp³-hybridized carbons (Fsp3) is 0.375. The Morgan fingerprint density at radius 2 is 1.86 bits per heavy atom. The summed E-state index contributed by atoms with van der Waals surface area (Å²) in [5.74, 6) is -1.73. The third-order valence-electron chi connectivity index (χ3n) is 4.41. The van der Waals surface area contributed by atoms with Crippen LogP contribution in [0.2, 0.25) is 0 Å². The number of fused-ring (bicyclic) bond motifs is 2. The molecule has 0 radical (unpaired) electrons. The number of carbonyl (C=O) groups is 2. The summed E-state index contributed by atoms with van der Waals surface area (Å²) in [7, 11) is 1.53. The predicted molar refractivity (Wildman–Crippen MR) is 77.0 cm³/mol. The van der Waals surface area contributed by atoms with Crippen LogP contribution in [0.15, 0.2) is 36.4 Å². The van der Waals surface area contributed by atoms with E-state index in [1.54, 1.807) is 18.2 Å². The maximum atomic E-state index is 12.5. The van der Waals surface area contributed by atoms with Crippen molar-refractivity contribution in [3.8, 4) is 5.75 Å². The first kappa shape index (κ1) is 13.7. The number of benzene rings is 1. The van der Waals surface area contributed by atoms with Gasteiger partial charge in [0.1, 0.15) is 5.75 Å². The lowest BCUT2D eigenvalue weighted by molar-refractivity contribution is -0.146. The van der Waals surface area contributed by atoms with Crippen LogP contribution in [0.4, 0.5) is 5.69 Å². The highest BCUT2D eigenvalue weighted by molar-refractivity contribution is 5.97. The number of ether oxygens (including phenoxy) is 1. The van der Waals surface area contributed by atoms with Crippen molar-refractivity contribution in [1.29, 1.82) is 0 Å². The number of carboxylic acids is 1. The number of carboxylic acid groups (broad SMARTS) is 1. The largest absolute Gasteiger partial charge is 0.495 e. The molecule has 1 aromatic rings. The van der Waals surface area contributed by atoms with Gasteiger partial charge in [0.2, 0.25) is 5.91 Å². The Morgan fingerprint density at radius 3 is 2.52 bits per heavy atom. The molecule has 0 aromatic heterocycles. The topological polar surface area (TPSA) is 75.6 Å². The van der Waals surface area contributed by atoms with Crippen molar-refractivity contribution in [2.75, 3.05) is 12.4 Å². The lowest BCUT2D eigenvalue weighted by Gasteiger charge is -2.24. The normalized spacial score (nSPS) is 29.4. The van der Waals surface area contributed by atoms with Crippen LogP contribution in [-0.2, 0) is 9.59 Å². The minimum Gasteiger partial charge on any atom is -0.495 e. The maximum Gasteiger partial charge on any atom is 0.307 e. The van der Waals surface area contributed by atoms with E-state index >= 15 is 0 Å². The van der Waals surface area contributed by atoms with Gasteiger partial charge in [0.25, 0.3) is 0 Å². The first-order valence-corrected chi connectivity index (χ1v) is 6.97. The van der Waals surface area contributed by atoms with Crippen LogP contribution < -0.4 is 10.1 Å². The van der Waals surface area contributed by atoms with Crippen molar-refractivity contribution in [1.82, 2.24) is 0 Å². The number of hydrogen-bond acceptors (Lipinski definition) is 3. The third kappa shape index (κ3) is 2.28. The van der Waals surface area contributed by atoms with Gasteiger partial charge < -0.3 is 15.2 Å². The van der Waals surface area contributed by atoms with E-state index in [1.807, 2.05) is 18.2 Å². The van der Waals surface area contributed by atoms with Crippen LogP contribution in [-0.4, -0.2) is 24.1 Å². The highest BCUT2D eigenvalue weighted by atomic mass is 16.5. The number of para-hydroxylation sites is 2. The molecule has 3 rings (SSSR count). The molecular weight excluding hydrogens is 270 g/mol. The zero-order valence-corrected chi connectivity index (χ0v) is 11.7. The van der Waals surface area contributed by atoms with Crippen molar-refractivity contribution in [2.45, 2.75) is 6.42 Å². The molecule has 1 aromatic carbocycles. The molecule has 2 bridgehead atoms. The second-order valence-electron chi connectivity index (χ2n) is 5.53. The van der Waals surface area contributed by atoms with E-state index in [1.165, 1.54) is 7.11 Å². The number of methoxy groups -OCH3 is 1. The number of anilines is 1. The molecule has 21 heavy (non-hydrogen) atoms. The summed E-state index contributed by atoms with van der Waals surface area (Å²) in [4.78, 5) is 24.0. The fourth-order valence-corrected chi connectivity index (χ4v) is 3.48. The van der Waals surface area contributed by atoms with Gasteiger partial charge in [-0.1, -0.05) is 24.3 Å². The van der Waals surface area contributed by atoms with Crippen molar-refractivity contribution in [2.24, 2.45) is 23.7 Å². The van der Waals surface area contributed by atoms with Gasteiger partial charge in [0, 0.05) is 0 Å². The van der Waals surface area contributed by atoms with Crippen molar-refractivity contribution in [3.63, 3.8) is 0 Å². The summed E-state index contributed by atoms with van der Waals surface area (Å²) in [6, 6.07) is 7.11. The van der Waals surface area contributed by atoms with Gasteiger partial charge in [0.05, 0.1) is 24.6 Å². The minimum absolute atomic E-state index is 0.0193. The van der Waals surface area contributed by atoms with Gasteiger partial charge in [-0.25, -0.2) is 0 Å². The van der Waals surface area contributed by atoms with Gasteiger partial charge in [-0.05, 0) is 30.4 Å². The Kier molecular flexibility index (Phi) is 3.41. The third-order valence-corrected chi connectivity index (χ3v) is 4.41. The average Bonchev–Trinajstić information content (AvgIpc) is 3.08. The van der Waals surface area contributed by atoms with Crippen LogP contribution in [0, 0.1) is 23.7 Å². The molecule has 5 nitrogen and oxygen atoms in total. The molecule has 5 heteroatoms. The Balaban J connectivity index is 1.82. The van der Waals surface area contributed by atoms with E-state index in [4.69, 9.17) is 4.74 Å². The summed E-state index contributed by atoms with van der Waals surface area (Å²) in [5.41, 5.74) is 0.570. The zero-order chi connectivity index (χ0) is 15.0. The highest BCUT2D eigenvalue weighted by Crippen LogP contribution is 2.48. The predicted octanol–water partition coefficient (Wildman–Crippen LogP) is 2.16. The molecule has 0 unspecified atom stereocenters. The summed E-state index contributed by atoms with van der Waals surface area (Å²) in [5, 5.41) is 12.2. The van der Waals surface area contributed by atoms with E-state index in [9.17, 15) is 14.7 Å². The summed E-state index contributed by atoms with van der Waals surface area (Å²) in [6.45, 7) is 0. The molecule has 2 N–H and O–H groups in total. The SMILES string of the molecule is COc1ccccc1NC(=O)[C@H]1[C@@H](C(=O)O)[C@@H]2C=C[C@H]1C2. The molecular formula is C16H17NO4. The number of carbonyl (C=O) groups excluding carboxylic acids is 1. The monoisotopic (exact) mass is 287 g/mol. The van der Waals surface area contributed by atoms with Crippen molar-refractivity contribution in [3.05, 3.63) is 36.4 Å². The van der Waals surface area contributed by atoms with Crippen LogP contribution in [0.25, 0.3) is 0 Å². The molecule has 4 atom stereocenters. The molecule has 2 aliphatic carbocycles. The molecule has 0 heterocycles. The smallest absolute Gasteiger partial charge is 0.307 e. The second-order valence-corrected chi connectivity index (χ2v) is 5.53. The van der Waals surface area contributed by atoms with Crippen LogP contribution in [0.1, 0.15) is 6.42 Å². The lowest BCUT2D eigenvalue weighted by Crippen LogP contribution is -2.36. The highest BCUT2D eigenvalue weighted by Gasteiger charge is 2.51. The van der Waals surface area contributed by atoms with Crippen LogP contribution in [0.5, 0.6) is 5.75 Å². The molecule has 1 amide bonds. The standard InChI is InChI=1S/C16H17NO4/c1-21-12-5-3-2-4-11(12)17-15(18)13-9-6-7-10(8-9)14(13)16(19)20/h2-7,9-10,13-14H,8H2,1H3,(H,17,18)(H,19,20)/t9-,10+,13+,14-/m0/s1. The summed E-state index contributed by atoms with van der Waals surface area (Å²) in [6.07, 6.45) is 4.65. The number of aliphatic carboxylic acids is 1. The molecule has 1 saturated carbocycles. The molecule has 1 fully saturated rings. The Morgan fingerprint density at radius 1 is 1.19 bits per heavy atom. The lowest BCUT2D eigenvalue weighted by atomic mass is 9.82. The van der Waals surface area contributed by atoms with Crippen LogP contribution in [0.3, 0.4) is 0 Å². The zero-order valence-electron chi connectivity index (χ0n) is 11.7. The van der Waals surface area contributed by atoms with E-state index < -0.39 is 17.8 Å². The van der Waals surface area contributed by atoms with Gasteiger partial charge in [-0.3, -0.25) is 9.59 Å². The summed E-state index contributed by atoms with van der Waals surface area (Å²) < 4.78 is 5.20. The number of rotatable bonds is 4. The summed E-state index contributed by atoms with van der Waals surface area (Å²) >= 11 is 0. The number of hydrogen-bond donors (Lipinski definition) is 2. The van der Waals surface area contributed by atoms with Crippen molar-refractivity contribution < 1.29 is 19.4 Å². The first-order chi connectivity index (χ1) is 10.1. The quantitative estimate of drug-likeness (QED) is 0.832. The van der Waals surface area contributed by atoms with Crippen molar-refractivity contribution >= 4 is 17.6 Å².